The van der Waals surface area contributed by atoms with Gasteiger partial charge in [0.15, 0.2) is 6.61 Å². The molecule has 1 saturated carbocycles. The number of benzene rings is 1. The highest BCUT2D eigenvalue weighted by atomic mass is 16.5. The number of piperidine rings is 1. The molecule has 2 amide bonds. The van der Waals surface area contributed by atoms with Crippen LogP contribution in [0.15, 0.2) is 24.3 Å². The van der Waals surface area contributed by atoms with E-state index in [0.29, 0.717) is 12.5 Å². The van der Waals surface area contributed by atoms with Crippen molar-refractivity contribution in [3.8, 4) is 5.75 Å². The van der Waals surface area contributed by atoms with Gasteiger partial charge >= 0.3 is 0 Å². The van der Waals surface area contributed by atoms with E-state index in [1.165, 1.54) is 0 Å². The van der Waals surface area contributed by atoms with Crippen molar-refractivity contribution >= 4 is 11.8 Å². The summed E-state index contributed by atoms with van der Waals surface area (Å²) in [6.45, 7) is 8.74. The zero-order chi connectivity index (χ0) is 22.3. The lowest BCUT2D eigenvalue weighted by Crippen LogP contribution is -2.53. The van der Waals surface area contributed by atoms with E-state index < -0.39 is 0 Å². The number of rotatable bonds is 9. The van der Waals surface area contributed by atoms with Crippen molar-refractivity contribution in [2.75, 3.05) is 59.1 Å². The number of hydrogen-bond acceptors (Lipinski definition) is 5. The SMILES string of the molecule is Cc1cccc(OCC(=O)N2CCCC(N(CCCN3CCOCC3)C(=O)C3CC3)C2)c1. The molecule has 0 radical (unpaired) electrons. The lowest BCUT2D eigenvalue weighted by Gasteiger charge is -2.40. The molecule has 7 heteroatoms. The highest BCUT2D eigenvalue weighted by Gasteiger charge is 2.38. The van der Waals surface area contributed by atoms with Gasteiger partial charge in [0, 0.05) is 51.2 Å². The topological polar surface area (TPSA) is 62.3 Å². The Kier molecular flexibility index (Phi) is 8.03. The number of hydrogen-bond donors (Lipinski definition) is 0. The third-order valence-corrected chi connectivity index (χ3v) is 6.73. The summed E-state index contributed by atoms with van der Waals surface area (Å²) in [5.41, 5.74) is 1.11. The second kappa shape index (κ2) is 11.1. The Morgan fingerprint density at radius 3 is 2.72 bits per heavy atom. The van der Waals surface area contributed by atoms with Crippen LogP contribution in [0.3, 0.4) is 0 Å². The number of likely N-dealkylation sites (tertiary alicyclic amines) is 1. The van der Waals surface area contributed by atoms with Crippen molar-refractivity contribution in [1.29, 1.82) is 0 Å². The molecule has 7 nitrogen and oxygen atoms in total. The third kappa shape index (κ3) is 6.45. The highest BCUT2D eigenvalue weighted by molar-refractivity contribution is 5.82. The summed E-state index contributed by atoms with van der Waals surface area (Å²) in [5, 5.41) is 0. The number of morpholine rings is 1. The maximum Gasteiger partial charge on any atom is 0.260 e. The molecule has 3 aliphatic rings. The molecule has 32 heavy (non-hydrogen) atoms. The molecule has 2 aliphatic heterocycles. The molecule has 2 heterocycles. The molecule has 1 aromatic rings. The number of amides is 2. The van der Waals surface area contributed by atoms with Crippen LogP contribution in [0.2, 0.25) is 0 Å². The Balaban J connectivity index is 1.30. The molecule has 0 aromatic heterocycles. The van der Waals surface area contributed by atoms with Crippen LogP contribution < -0.4 is 4.74 Å². The minimum Gasteiger partial charge on any atom is -0.484 e. The quantitative estimate of drug-likeness (QED) is 0.586. The zero-order valence-corrected chi connectivity index (χ0v) is 19.3. The van der Waals surface area contributed by atoms with Gasteiger partial charge in [-0.15, -0.1) is 0 Å². The molecule has 1 unspecified atom stereocenters. The van der Waals surface area contributed by atoms with Gasteiger partial charge in [0.1, 0.15) is 5.75 Å². The molecular formula is C25H37N3O4. The van der Waals surface area contributed by atoms with E-state index in [1.807, 2.05) is 36.1 Å². The summed E-state index contributed by atoms with van der Waals surface area (Å²) < 4.78 is 11.2. The van der Waals surface area contributed by atoms with E-state index in [1.54, 1.807) is 0 Å². The third-order valence-electron chi connectivity index (χ3n) is 6.73. The summed E-state index contributed by atoms with van der Waals surface area (Å²) >= 11 is 0. The van der Waals surface area contributed by atoms with Gasteiger partial charge in [0.25, 0.3) is 5.91 Å². The fourth-order valence-electron chi connectivity index (χ4n) is 4.70. The van der Waals surface area contributed by atoms with Crippen LogP contribution in [0.1, 0.15) is 37.7 Å². The van der Waals surface area contributed by atoms with Crippen molar-refractivity contribution in [2.24, 2.45) is 5.92 Å². The van der Waals surface area contributed by atoms with E-state index >= 15 is 0 Å². The van der Waals surface area contributed by atoms with Crippen LogP contribution in [-0.4, -0.2) is 91.6 Å². The number of nitrogens with zero attached hydrogens (tertiary/aromatic N) is 3. The molecular weight excluding hydrogens is 406 g/mol. The fourth-order valence-corrected chi connectivity index (χ4v) is 4.70. The summed E-state index contributed by atoms with van der Waals surface area (Å²) in [4.78, 5) is 32.3. The molecule has 1 aliphatic carbocycles. The van der Waals surface area contributed by atoms with Gasteiger partial charge in [-0.25, -0.2) is 0 Å². The second-order valence-corrected chi connectivity index (χ2v) is 9.35. The molecule has 2 saturated heterocycles. The van der Waals surface area contributed by atoms with Gasteiger partial charge < -0.3 is 19.3 Å². The lowest BCUT2D eigenvalue weighted by molar-refractivity contribution is -0.141. The minimum absolute atomic E-state index is 0.00310. The zero-order valence-electron chi connectivity index (χ0n) is 19.3. The molecule has 4 rings (SSSR count). The first-order valence-corrected chi connectivity index (χ1v) is 12.2. The van der Waals surface area contributed by atoms with Crippen molar-refractivity contribution in [3.63, 3.8) is 0 Å². The Morgan fingerprint density at radius 1 is 1.16 bits per heavy atom. The first-order chi connectivity index (χ1) is 15.6. The normalized spacial score (nSPS) is 21.9. The number of carbonyl (C=O) groups excluding carboxylic acids is 2. The predicted molar refractivity (Wildman–Crippen MR) is 123 cm³/mol. The van der Waals surface area contributed by atoms with Gasteiger partial charge in [-0.2, -0.15) is 0 Å². The average Bonchev–Trinajstić information content (AvgIpc) is 3.66. The first kappa shape index (κ1) is 23.1. The van der Waals surface area contributed by atoms with Crippen LogP contribution in [0.4, 0.5) is 0 Å². The fraction of sp³-hybridized carbons (Fsp3) is 0.680. The van der Waals surface area contributed by atoms with Crippen molar-refractivity contribution < 1.29 is 19.1 Å². The molecule has 0 N–H and O–H groups in total. The lowest BCUT2D eigenvalue weighted by atomic mass is 10.0. The molecule has 0 bridgehead atoms. The molecule has 1 atom stereocenters. The summed E-state index contributed by atoms with van der Waals surface area (Å²) in [6.07, 6.45) is 4.90. The maximum atomic E-state index is 13.1. The van der Waals surface area contributed by atoms with Gasteiger partial charge in [-0.3, -0.25) is 14.5 Å². The Hall–Kier alpha value is -2.12. The van der Waals surface area contributed by atoms with E-state index in [2.05, 4.69) is 9.80 Å². The van der Waals surface area contributed by atoms with Crippen LogP contribution in [0, 0.1) is 12.8 Å². The highest BCUT2D eigenvalue weighted by Crippen LogP contribution is 2.33. The summed E-state index contributed by atoms with van der Waals surface area (Å²) in [6, 6.07) is 7.88. The summed E-state index contributed by atoms with van der Waals surface area (Å²) in [5.74, 6) is 1.22. The van der Waals surface area contributed by atoms with E-state index in [4.69, 9.17) is 9.47 Å². The standard InChI is InChI=1S/C25H37N3O4/c1-20-5-2-7-23(17-20)32-19-24(29)27-11-3-6-22(18-27)28(25(30)21-8-9-21)12-4-10-26-13-15-31-16-14-26/h2,5,7,17,21-22H,3-4,6,8-16,18-19H2,1H3. The molecule has 176 valence electrons. The number of ether oxygens (including phenoxy) is 2. The van der Waals surface area contributed by atoms with Crippen LogP contribution in [0.5, 0.6) is 5.75 Å². The smallest absolute Gasteiger partial charge is 0.260 e. The van der Waals surface area contributed by atoms with Gasteiger partial charge in [0.05, 0.1) is 13.2 Å². The Labute approximate surface area is 191 Å². The number of aryl methyl sites for hydroxylation is 1. The maximum absolute atomic E-state index is 13.1. The Bertz CT molecular complexity index is 776. The van der Waals surface area contributed by atoms with E-state index in [0.717, 1.165) is 89.4 Å². The first-order valence-electron chi connectivity index (χ1n) is 12.2. The van der Waals surface area contributed by atoms with Gasteiger partial charge in [-0.05, 0) is 56.7 Å². The molecule has 1 aromatic carbocycles. The molecule has 0 spiro atoms. The van der Waals surface area contributed by atoms with Crippen molar-refractivity contribution in [3.05, 3.63) is 29.8 Å². The van der Waals surface area contributed by atoms with Crippen LogP contribution in [-0.2, 0) is 14.3 Å². The Morgan fingerprint density at radius 2 is 1.97 bits per heavy atom. The molecule has 3 fully saturated rings. The van der Waals surface area contributed by atoms with Crippen molar-refractivity contribution in [2.45, 2.75) is 45.1 Å². The van der Waals surface area contributed by atoms with E-state index in [9.17, 15) is 9.59 Å². The second-order valence-electron chi connectivity index (χ2n) is 9.35. The van der Waals surface area contributed by atoms with Crippen molar-refractivity contribution in [1.82, 2.24) is 14.7 Å². The average molecular weight is 444 g/mol. The van der Waals surface area contributed by atoms with Gasteiger partial charge in [0.2, 0.25) is 5.91 Å². The summed E-state index contributed by atoms with van der Waals surface area (Å²) in [7, 11) is 0. The van der Waals surface area contributed by atoms with Gasteiger partial charge in [-0.1, -0.05) is 12.1 Å². The monoisotopic (exact) mass is 443 g/mol. The van der Waals surface area contributed by atoms with Crippen LogP contribution in [0.25, 0.3) is 0 Å². The largest absolute Gasteiger partial charge is 0.484 e. The predicted octanol–water partition coefficient (Wildman–Crippen LogP) is 2.33. The van der Waals surface area contributed by atoms with E-state index in [-0.39, 0.29) is 24.5 Å². The minimum atomic E-state index is 0.00310. The number of carbonyl (C=O) groups is 2. The van der Waals surface area contributed by atoms with Crippen LogP contribution >= 0.6 is 0 Å².